The highest BCUT2D eigenvalue weighted by molar-refractivity contribution is 7.13. The van der Waals surface area contributed by atoms with Crippen molar-refractivity contribution in [1.29, 1.82) is 0 Å². The summed E-state index contributed by atoms with van der Waals surface area (Å²) in [6.07, 6.45) is 0. The molecule has 4 N–H and O–H groups in total. The highest BCUT2D eigenvalue weighted by Crippen LogP contribution is 2.26. The second kappa shape index (κ2) is 5.60. The van der Waals surface area contributed by atoms with Crippen molar-refractivity contribution < 1.29 is 4.39 Å². The van der Waals surface area contributed by atoms with Gasteiger partial charge in [0.2, 0.25) is 5.13 Å². The van der Waals surface area contributed by atoms with Gasteiger partial charge in [-0.1, -0.05) is 0 Å². The van der Waals surface area contributed by atoms with Gasteiger partial charge in [0.05, 0.1) is 5.69 Å². The second-order valence-corrected chi connectivity index (χ2v) is 3.90. The van der Waals surface area contributed by atoms with Crippen molar-refractivity contribution >= 4 is 34.8 Å². The number of guanidine groups is 1. The van der Waals surface area contributed by atoms with Gasteiger partial charge >= 0.3 is 0 Å². The molecule has 0 spiro atoms. The number of nitrogens with two attached hydrogens (primary N) is 2. The molecule has 2 aromatic rings. The maximum absolute atomic E-state index is 12.7. The van der Waals surface area contributed by atoms with Crippen LogP contribution in [0.2, 0.25) is 0 Å². The van der Waals surface area contributed by atoms with E-state index >= 15 is 0 Å². The molecule has 0 saturated heterocycles. The molecule has 0 aliphatic rings. The molecule has 90 valence electrons. The number of nitrogens with zero attached hydrogens (tertiary/aromatic N) is 2. The molecule has 0 fully saturated rings. The van der Waals surface area contributed by atoms with E-state index in [1.165, 1.54) is 23.5 Å². The summed E-state index contributed by atoms with van der Waals surface area (Å²) in [6.45, 7) is 0. The van der Waals surface area contributed by atoms with Crippen LogP contribution >= 0.6 is 23.7 Å². The fourth-order valence-electron chi connectivity index (χ4n) is 1.18. The molecule has 0 aliphatic carbocycles. The van der Waals surface area contributed by atoms with Crippen LogP contribution in [0.25, 0.3) is 11.3 Å². The van der Waals surface area contributed by atoms with Crippen molar-refractivity contribution in [2.75, 3.05) is 0 Å². The Balaban J connectivity index is 0.00000144. The van der Waals surface area contributed by atoms with Crippen molar-refractivity contribution in [3.05, 3.63) is 35.5 Å². The van der Waals surface area contributed by atoms with Gasteiger partial charge in [-0.15, -0.1) is 23.7 Å². The number of aromatic nitrogens is 1. The molecule has 17 heavy (non-hydrogen) atoms. The molecule has 7 heteroatoms. The van der Waals surface area contributed by atoms with Gasteiger partial charge in [0, 0.05) is 10.9 Å². The smallest absolute Gasteiger partial charge is 0.212 e. The summed E-state index contributed by atoms with van der Waals surface area (Å²) >= 11 is 1.32. The predicted octanol–water partition coefficient (Wildman–Crippen LogP) is 2.28. The molecule has 0 aliphatic heterocycles. The van der Waals surface area contributed by atoms with Gasteiger partial charge in [-0.3, -0.25) is 0 Å². The SMILES string of the molecule is Cl.NC(N)=Nc1nc(-c2ccc(F)cc2)cs1. The van der Waals surface area contributed by atoms with Crippen LogP contribution in [0.5, 0.6) is 0 Å². The molecule has 0 radical (unpaired) electrons. The van der Waals surface area contributed by atoms with E-state index in [1.807, 2.05) is 5.38 Å². The monoisotopic (exact) mass is 272 g/mol. The summed E-state index contributed by atoms with van der Waals surface area (Å²) in [7, 11) is 0. The molecule has 0 bridgehead atoms. The second-order valence-electron chi connectivity index (χ2n) is 3.06. The van der Waals surface area contributed by atoms with Crippen LogP contribution in [0.4, 0.5) is 9.52 Å². The fraction of sp³-hybridized carbons (Fsp3) is 0. The Morgan fingerprint density at radius 3 is 2.47 bits per heavy atom. The average Bonchev–Trinajstić information content (AvgIpc) is 2.66. The van der Waals surface area contributed by atoms with Crippen molar-refractivity contribution in [1.82, 2.24) is 4.98 Å². The number of hydrogen-bond donors (Lipinski definition) is 2. The zero-order valence-corrected chi connectivity index (χ0v) is 10.3. The molecular formula is C10H10ClFN4S. The van der Waals surface area contributed by atoms with Crippen molar-refractivity contribution in [2.24, 2.45) is 16.5 Å². The van der Waals surface area contributed by atoms with E-state index in [0.29, 0.717) is 5.13 Å². The maximum Gasteiger partial charge on any atom is 0.212 e. The molecular weight excluding hydrogens is 263 g/mol. The molecule has 4 nitrogen and oxygen atoms in total. The van der Waals surface area contributed by atoms with E-state index in [9.17, 15) is 4.39 Å². The van der Waals surface area contributed by atoms with Crippen LogP contribution < -0.4 is 11.5 Å². The third-order valence-corrected chi connectivity index (χ3v) is 2.59. The molecule has 0 saturated carbocycles. The van der Waals surface area contributed by atoms with Crippen molar-refractivity contribution in [3.8, 4) is 11.3 Å². The number of thiazole rings is 1. The quantitative estimate of drug-likeness (QED) is 0.650. The van der Waals surface area contributed by atoms with Crippen LogP contribution in [0.3, 0.4) is 0 Å². The highest BCUT2D eigenvalue weighted by atomic mass is 35.5. The van der Waals surface area contributed by atoms with Gasteiger partial charge in [-0.2, -0.15) is 4.99 Å². The van der Waals surface area contributed by atoms with Crippen LogP contribution in [-0.4, -0.2) is 10.9 Å². The summed E-state index contributed by atoms with van der Waals surface area (Å²) in [5.74, 6) is -0.302. The Morgan fingerprint density at radius 2 is 1.88 bits per heavy atom. The van der Waals surface area contributed by atoms with Gasteiger partial charge < -0.3 is 11.5 Å². The van der Waals surface area contributed by atoms with E-state index in [4.69, 9.17) is 11.5 Å². The number of rotatable bonds is 2. The first-order chi connectivity index (χ1) is 7.65. The minimum absolute atomic E-state index is 0. The summed E-state index contributed by atoms with van der Waals surface area (Å²) in [6, 6.07) is 6.08. The van der Waals surface area contributed by atoms with E-state index in [1.54, 1.807) is 12.1 Å². The number of halogens is 2. The van der Waals surface area contributed by atoms with Gasteiger partial charge in [-0.25, -0.2) is 9.37 Å². The third kappa shape index (κ3) is 3.40. The minimum Gasteiger partial charge on any atom is -0.370 e. The number of aliphatic imine (C=N–C) groups is 1. The lowest BCUT2D eigenvalue weighted by Gasteiger charge is -1.94. The van der Waals surface area contributed by atoms with E-state index < -0.39 is 0 Å². The normalized spacial score (nSPS) is 9.47. The first kappa shape index (κ1) is 13.4. The number of benzene rings is 1. The Labute approximate surface area is 108 Å². The Bertz CT molecular complexity index is 519. The van der Waals surface area contributed by atoms with Gasteiger partial charge in [0.15, 0.2) is 5.96 Å². The molecule has 1 aromatic carbocycles. The zero-order chi connectivity index (χ0) is 11.5. The van der Waals surface area contributed by atoms with E-state index in [2.05, 4.69) is 9.98 Å². The predicted molar refractivity (Wildman–Crippen MR) is 70.2 cm³/mol. The number of hydrogen-bond acceptors (Lipinski definition) is 3. The lowest BCUT2D eigenvalue weighted by Crippen LogP contribution is -2.21. The molecule has 0 amide bonds. The zero-order valence-electron chi connectivity index (χ0n) is 8.63. The minimum atomic E-state index is -0.275. The van der Waals surface area contributed by atoms with Gasteiger partial charge in [0.1, 0.15) is 5.82 Å². The fourth-order valence-corrected chi connectivity index (χ4v) is 1.89. The molecule has 1 heterocycles. The van der Waals surface area contributed by atoms with Crippen LogP contribution in [0.15, 0.2) is 34.6 Å². The average molecular weight is 273 g/mol. The Hall–Kier alpha value is -1.66. The van der Waals surface area contributed by atoms with Gasteiger partial charge in [0.25, 0.3) is 0 Å². The highest BCUT2D eigenvalue weighted by Gasteiger charge is 2.03. The maximum atomic E-state index is 12.7. The first-order valence-corrected chi connectivity index (χ1v) is 5.34. The van der Waals surface area contributed by atoms with Crippen LogP contribution in [0.1, 0.15) is 0 Å². The topological polar surface area (TPSA) is 77.3 Å². The Morgan fingerprint density at radius 1 is 1.24 bits per heavy atom. The summed E-state index contributed by atoms with van der Waals surface area (Å²) in [5.41, 5.74) is 12.0. The summed E-state index contributed by atoms with van der Waals surface area (Å²) in [5, 5.41) is 2.30. The third-order valence-electron chi connectivity index (χ3n) is 1.86. The summed E-state index contributed by atoms with van der Waals surface area (Å²) < 4.78 is 12.7. The standard InChI is InChI=1S/C10H9FN4S.ClH/c11-7-3-1-6(2-4-7)8-5-16-10(14-8)15-9(12)13;/h1-5H,(H4,12,13,14,15);1H. The van der Waals surface area contributed by atoms with E-state index in [0.717, 1.165) is 11.3 Å². The largest absolute Gasteiger partial charge is 0.370 e. The molecule has 2 rings (SSSR count). The van der Waals surface area contributed by atoms with Crippen molar-refractivity contribution in [2.45, 2.75) is 0 Å². The first-order valence-electron chi connectivity index (χ1n) is 4.46. The van der Waals surface area contributed by atoms with Crippen LogP contribution in [-0.2, 0) is 0 Å². The van der Waals surface area contributed by atoms with Crippen molar-refractivity contribution in [3.63, 3.8) is 0 Å². The van der Waals surface area contributed by atoms with E-state index in [-0.39, 0.29) is 24.2 Å². The van der Waals surface area contributed by atoms with Crippen LogP contribution in [0, 0.1) is 5.82 Å². The molecule has 0 atom stereocenters. The van der Waals surface area contributed by atoms with Gasteiger partial charge in [-0.05, 0) is 24.3 Å². The Kier molecular flexibility index (Phi) is 4.42. The molecule has 1 aromatic heterocycles. The summed E-state index contributed by atoms with van der Waals surface area (Å²) in [4.78, 5) is 8.03. The molecule has 0 unspecified atom stereocenters. The lowest BCUT2D eigenvalue weighted by atomic mass is 10.2. The lowest BCUT2D eigenvalue weighted by molar-refractivity contribution is 0.628.